The fourth-order valence-corrected chi connectivity index (χ4v) is 8.14. The first-order chi connectivity index (χ1) is 13.1. The van der Waals surface area contributed by atoms with Crippen molar-refractivity contribution < 1.29 is 24.5 Å². The van der Waals surface area contributed by atoms with E-state index in [9.17, 15) is 14.7 Å². The highest BCUT2D eigenvalue weighted by Gasteiger charge is 2.68. The van der Waals surface area contributed by atoms with Crippen molar-refractivity contribution in [1.82, 2.24) is 0 Å². The summed E-state index contributed by atoms with van der Waals surface area (Å²) in [7, 11) is 0. The summed E-state index contributed by atoms with van der Waals surface area (Å²) >= 11 is 0. The normalized spacial score (nSPS) is 48.5. The summed E-state index contributed by atoms with van der Waals surface area (Å²) in [6.45, 7) is 6.05. The molecule has 4 aliphatic rings. The maximum absolute atomic E-state index is 13.1. The second-order valence-electron chi connectivity index (χ2n) is 11.1. The quantitative estimate of drug-likeness (QED) is 0.718. The molecule has 0 saturated heterocycles. The molecule has 2 bridgehead atoms. The Morgan fingerprint density at radius 1 is 1.14 bits per heavy atom. The SMILES string of the molecule is C[C@@]12CC[C@@H]3C(CC[C@H]4[C@@]3(C)CCC[C@@]4(C)C(=O)OCC(O)CO)(CC1=O)C2. The number of carbonyl (C=O) groups is 2. The summed E-state index contributed by atoms with van der Waals surface area (Å²) in [4.78, 5) is 25.9. The van der Waals surface area contributed by atoms with Gasteiger partial charge >= 0.3 is 5.97 Å². The van der Waals surface area contributed by atoms with Crippen molar-refractivity contribution in [2.45, 2.75) is 84.7 Å². The highest BCUT2D eigenvalue weighted by molar-refractivity contribution is 5.88. The fraction of sp³-hybridized carbons (Fsp3) is 0.913. The van der Waals surface area contributed by atoms with E-state index in [2.05, 4.69) is 13.8 Å². The zero-order chi connectivity index (χ0) is 20.4. The molecular formula is C23H36O5. The highest BCUT2D eigenvalue weighted by atomic mass is 16.5. The molecule has 28 heavy (non-hydrogen) atoms. The van der Waals surface area contributed by atoms with Gasteiger partial charge in [0, 0.05) is 11.8 Å². The van der Waals surface area contributed by atoms with Crippen LogP contribution in [-0.2, 0) is 14.3 Å². The molecule has 4 fully saturated rings. The van der Waals surface area contributed by atoms with Crippen molar-refractivity contribution in [3.05, 3.63) is 0 Å². The van der Waals surface area contributed by atoms with E-state index in [4.69, 9.17) is 9.84 Å². The number of aliphatic hydroxyl groups is 2. The van der Waals surface area contributed by atoms with Gasteiger partial charge in [-0.05, 0) is 74.5 Å². The summed E-state index contributed by atoms with van der Waals surface area (Å²) in [6.07, 6.45) is 7.81. The lowest BCUT2D eigenvalue weighted by Gasteiger charge is -2.63. The van der Waals surface area contributed by atoms with Crippen LogP contribution in [0.25, 0.3) is 0 Å². The summed E-state index contributed by atoms with van der Waals surface area (Å²) < 4.78 is 5.46. The molecule has 4 saturated carbocycles. The molecule has 0 aromatic carbocycles. The molecule has 0 heterocycles. The van der Waals surface area contributed by atoms with Gasteiger partial charge in [-0.1, -0.05) is 20.3 Å². The molecule has 0 aliphatic heterocycles. The molecule has 0 aromatic heterocycles. The largest absolute Gasteiger partial charge is 0.462 e. The van der Waals surface area contributed by atoms with Crippen LogP contribution in [0.2, 0.25) is 0 Å². The van der Waals surface area contributed by atoms with Gasteiger partial charge in [0.15, 0.2) is 0 Å². The minimum atomic E-state index is -1.02. The number of hydrogen-bond acceptors (Lipinski definition) is 5. The monoisotopic (exact) mass is 392 g/mol. The minimum absolute atomic E-state index is 0.0613. The molecule has 158 valence electrons. The van der Waals surface area contributed by atoms with Crippen LogP contribution in [0.5, 0.6) is 0 Å². The summed E-state index contributed by atoms with van der Waals surface area (Å²) in [5.74, 6) is 1.000. The lowest BCUT2D eigenvalue weighted by atomic mass is 9.40. The van der Waals surface area contributed by atoms with Crippen molar-refractivity contribution in [2.75, 3.05) is 13.2 Å². The number of Topliss-reactive ketones (excluding diaryl/α,β-unsaturated/α-hetero) is 1. The zero-order valence-electron chi connectivity index (χ0n) is 17.6. The molecule has 4 aliphatic carbocycles. The molecule has 0 radical (unpaired) electrons. The van der Waals surface area contributed by atoms with Crippen molar-refractivity contribution >= 4 is 11.8 Å². The van der Waals surface area contributed by atoms with E-state index in [1.54, 1.807) is 0 Å². The van der Waals surface area contributed by atoms with Crippen LogP contribution in [0, 0.1) is 33.5 Å². The first-order valence-electron chi connectivity index (χ1n) is 11.1. The number of esters is 1. The third kappa shape index (κ3) is 2.72. The van der Waals surface area contributed by atoms with E-state index >= 15 is 0 Å². The van der Waals surface area contributed by atoms with E-state index in [1.165, 1.54) is 0 Å². The summed E-state index contributed by atoms with van der Waals surface area (Å²) in [5.41, 5.74) is -0.458. The van der Waals surface area contributed by atoms with Crippen LogP contribution in [-0.4, -0.2) is 41.3 Å². The third-order valence-electron chi connectivity index (χ3n) is 9.44. The van der Waals surface area contributed by atoms with Crippen molar-refractivity contribution in [1.29, 1.82) is 0 Å². The molecule has 2 N–H and O–H groups in total. The van der Waals surface area contributed by atoms with Gasteiger partial charge < -0.3 is 14.9 Å². The van der Waals surface area contributed by atoms with Gasteiger partial charge in [0.05, 0.1) is 12.0 Å². The zero-order valence-corrected chi connectivity index (χ0v) is 17.6. The van der Waals surface area contributed by atoms with Crippen LogP contribution in [0.1, 0.15) is 78.6 Å². The first kappa shape index (κ1) is 20.3. The molecule has 2 unspecified atom stereocenters. The second-order valence-corrected chi connectivity index (χ2v) is 11.1. The van der Waals surface area contributed by atoms with E-state index in [0.29, 0.717) is 11.7 Å². The summed E-state index contributed by atoms with van der Waals surface area (Å²) in [5, 5.41) is 18.6. The predicted octanol–water partition coefficient (Wildman–Crippen LogP) is 3.25. The van der Waals surface area contributed by atoms with Crippen LogP contribution in [0.4, 0.5) is 0 Å². The standard InChI is InChI=1S/C23H36O5/c1-20-9-5-17-21(2)7-4-8-22(3,19(27)28-13-15(25)12-24)16(21)6-10-23(17,14-20)11-18(20)26/h15-17,24-25H,4-14H2,1-3H3/t15?,16-,17-,20-,21+,22+,23?/m0/s1. The Hall–Kier alpha value is -0.940. The van der Waals surface area contributed by atoms with Crippen molar-refractivity contribution in [3.63, 3.8) is 0 Å². The minimum Gasteiger partial charge on any atom is -0.462 e. The molecular weight excluding hydrogens is 356 g/mol. The number of aliphatic hydroxyl groups excluding tert-OH is 2. The smallest absolute Gasteiger partial charge is 0.312 e. The Bertz CT molecular complexity index is 676. The molecule has 5 nitrogen and oxygen atoms in total. The molecule has 0 aromatic rings. The number of hydrogen-bond donors (Lipinski definition) is 2. The van der Waals surface area contributed by atoms with E-state index in [0.717, 1.165) is 57.8 Å². The average molecular weight is 393 g/mol. The van der Waals surface area contributed by atoms with E-state index < -0.39 is 18.1 Å². The fourth-order valence-electron chi connectivity index (χ4n) is 8.14. The van der Waals surface area contributed by atoms with Crippen LogP contribution < -0.4 is 0 Å². The van der Waals surface area contributed by atoms with Gasteiger partial charge in [-0.3, -0.25) is 9.59 Å². The Labute approximate surface area is 168 Å². The van der Waals surface area contributed by atoms with Gasteiger partial charge in [-0.15, -0.1) is 0 Å². The number of ether oxygens (including phenoxy) is 1. The Morgan fingerprint density at radius 3 is 2.57 bits per heavy atom. The Kier molecular flexibility index (Phi) is 4.74. The van der Waals surface area contributed by atoms with E-state index in [1.807, 2.05) is 6.92 Å². The maximum Gasteiger partial charge on any atom is 0.312 e. The number of ketones is 1. The number of rotatable bonds is 4. The van der Waals surface area contributed by atoms with Gasteiger partial charge in [-0.25, -0.2) is 0 Å². The van der Waals surface area contributed by atoms with Crippen LogP contribution >= 0.6 is 0 Å². The molecule has 5 heteroatoms. The van der Waals surface area contributed by atoms with Crippen molar-refractivity contribution in [3.8, 4) is 0 Å². The van der Waals surface area contributed by atoms with Gasteiger partial charge in [0.25, 0.3) is 0 Å². The molecule has 0 amide bonds. The Balaban J connectivity index is 1.60. The van der Waals surface area contributed by atoms with Gasteiger partial charge in [0.1, 0.15) is 18.5 Å². The molecule has 7 atom stereocenters. The third-order valence-corrected chi connectivity index (χ3v) is 9.44. The number of carbonyl (C=O) groups excluding carboxylic acids is 2. The molecule has 1 spiro atoms. The Morgan fingerprint density at radius 2 is 1.86 bits per heavy atom. The van der Waals surface area contributed by atoms with Gasteiger partial charge in [0.2, 0.25) is 0 Å². The van der Waals surface area contributed by atoms with Gasteiger partial charge in [-0.2, -0.15) is 0 Å². The second kappa shape index (κ2) is 6.53. The van der Waals surface area contributed by atoms with Crippen LogP contribution in [0.15, 0.2) is 0 Å². The lowest BCUT2D eigenvalue weighted by molar-refractivity contribution is -0.190. The van der Waals surface area contributed by atoms with E-state index in [-0.39, 0.29) is 34.7 Å². The topological polar surface area (TPSA) is 83.8 Å². The van der Waals surface area contributed by atoms with Crippen LogP contribution in [0.3, 0.4) is 0 Å². The average Bonchev–Trinajstić information content (AvgIpc) is 2.82. The molecule has 4 rings (SSSR count). The highest BCUT2D eigenvalue weighted by Crippen LogP contribution is 2.73. The summed E-state index contributed by atoms with van der Waals surface area (Å²) in [6, 6.07) is 0. The lowest BCUT2D eigenvalue weighted by Crippen LogP contribution is -2.59. The van der Waals surface area contributed by atoms with Crippen molar-refractivity contribution in [2.24, 2.45) is 33.5 Å². The number of fused-ring (bicyclic) bond motifs is 3. The predicted molar refractivity (Wildman–Crippen MR) is 104 cm³/mol. The first-order valence-corrected chi connectivity index (χ1v) is 11.1. The maximum atomic E-state index is 13.1.